The average molecular weight is 314 g/mol. The van der Waals surface area contributed by atoms with E-state index in [0.717, 1.165) is 21.2 Å². The molecule has 0 radical (unpaired) electrons. The van der Waals surface area contributed by atoms with Gasteiger partial charge in [0.05, 0.1) is 10.8 Å². The van der Waals surface area contributed by atoms with Gasteiger partial charge in [-0.3, -0.25) is 9.78 Å². The highest BCUT2D eigenvalue weighted by Crippen LogP contribution is 2.28. The molecule has 0 bridgehead atoms. The quantitative estimate of drug-likeness (QED) is 0.509. The second-order valence-corrected chi connectivity index (χ2v) is 5.97. The van der Waals surface area contributed by atoms with Crippen LogP contribution in [0.4, 0.5) is 0 Å². The maximum absolute atomic E-state index is 12.5. The standard InChI is InChI=1S/C17H12ClNOS/c18-15-6-1-2-7-17(15)21-11-16(20)14-5-3-4-12-10-19-9-8-13(12)14/h1-10H,11H2. The third-order valence-electron chi connectivity index (χ3n) is 3.18. The van der Waals surface area contributed by atoms with E-state index in [1.807, 2.05) is 48.5 Å². The molecule has 0 amide bonds. The zero-order valence-corrected chi connectivity index (χ0v) is 12.7. The van der Waals surface area contributed by atoms with E-state index in [1.165, 1.54) is 11.8 Å². The lowest BCUT2D eigenvalue weighted by Gasteiger charge is -2.06. The molecule has 1 heterocycles. The van der Waals surface area contributed by atoms with Crippen molar-refractivity contribution < 1.29 is 4.79 Å². The van der Waals surface area contributed by atoms with E-state index in [1.54, 1.807) is 12.4 Å². The smallest absolute Gasteiger partial charge is 0.173 e. The summed E-state index contributed by atoms with van der Waals surface area (Å²) in [7, 11) is 0. The SMILES string of the molecule is O=C(CSc1ccccc1Cl)c1cccc2cnccc12. The minimum absolute atomic E-state index is 0.0942. The van der Waals surface area contributed by atoms with Gasteiger partial charge >= 0.3 is 0 Å². The molecule has 1 aromatic heterocycles. The first kappa shape index (κ1) is 14.1. The van der Waals surface area contributed by atoms with Crippen LogP contribution in [0, 0.1) is 0 Å². The van der Waals surface area contributed by atoms with Crippen LogP contribution in [0.25, 0.3) is 10.8 Å². The Morgan fingerprint density at radius 1 is 1.10 bits per heavy atom. The first-order valence-corrected chi connectivity index (χ1v) is 7.85. The molecule has 0 aliphatic rings. The number of aromatic nitrogens is 1. The van der Waals surface area contributed by atoms with E-state index < -0.39 is 0 Å². The maximum atomic E-state index is 12.5. The van der Waals surface area contributed by atoms with Crippen LogP contribution in [-0.2, 0) is 0 Å². The molecule has 0 atom stereocenters. The third-order valence-corrected chi connectivity index (χ3v) is 4.69. The number of rotatable bonds is 4. The molecule has 0 saturated carbocycles. The Labute approximate surface area is 132 Å². The van der Waals surface area contributed by atoms with Gasteiger partial charge in [0.2, 0.25) is 0 Å². The highest BCUT2D eigenvalue weighted by molar-refractivity contribution is 8.00. The first-order valence-electron chi connectivity index (χ1n) is 6.49. The molecule has 3 aromatic rings. The van der Waals surface area contributed by atoms with Crippen molar-refractivity contribution in [2.75, 3.05) is 5.75 Å². The van der Waals surface area contributed by atoms with Crippen molar-refractivity contribution in [1.29, 1.82) is 0 Å². The summed E-state index contributed by atoms with van der Waals surface area (Å²) in [6.07, 6.45) is 3.48. The Bertz CT molecular complexity index is 798. The predicted molar refractivity (Wildman–Crippen MR) is 88.2 cm³/mol. The fraction of sp³-hybridized carbons (Fsp3) is 0.0588. The van der Waals surface area contributed by atoms with E-state index in [4.69, 9.17) is 11.6 Å². The number of carbonyl (C=O) groups is 1. The molecule has 0 spiro atoms. The Balaban J connectivity index is 1.83. The van der Waals surface area contributed by atoms with Gasteiger partial charge in [0.15, 0.2) is 5.78 Å². The average Bonchev–Trinajstić information content (AvgIpc) is 2.53. The molecule has 21 heavy (non-hydrogen) atoms. The molecule has 4 heteroatoms. The van der Waals surface area contributed by atoms with E-state index in [0.29, 0.717) is 10.8 Å². The topological polar surface area (TPSA) is 30.0 Å². The zero-order valence-electron chi connectivity index (χ0n) is 11.1. The molecule has 0 unspecified atom stereocenters. The van der Waals surface area contributed by atoms with Gasteiger partial charge in [0.25, 0.3) is 0 Å². The van der Waals surface area contributed by atoms with Crippen LogP contribution in [-0.4, -0.2) is 16.5 Å². The summed E-state index contributed by atoms with van der Waals surface area (Å²) < 4.78 is 0. The third kappa shape index (κ3) is 3.09. The molecular weight excluding hydrogens is 302 g/mol. The normalized spacial score (nSPS) is 10.7. The number of thioether (sulfide) groups is 1. The van der Waals surface area contributed by atoms with Crippen molar-refractivity contribution in [2.24, 2.45) is 0 Å². The number of hydrogen-bond acceptors (Lipinski definition) is 3. The van der Waals surface area contributed by atoms with Crippen molar-refractivity contribution in [3.63, 3.8) is 0 Å². The van der Waals surface area contributed by atoms with Crippen molar-refractivity contribution in [2.45, 2.75) is 4.90 Å². The summed E-state index contributed by atoms with van der Waals surface area (Å²) in [5, 5.41) is 2.60. The highest BCUT2D eigenvalue weighted by atomic mass is 35.5. The minimum Gasteiger partial charge on any atom is -0.293 e. The summed E-state index contributed by atoms with van der Waals surface area (Å²) >= 11 is 7.57. The van der Waals surface area contributed by atoms with Crippen molar-refractivity contribution in [1.82, 2.24) is 4.98 Å². The number of hydrogen-bond donors (Lipinski definition) is 0. The molecule has 0 aliphatic carbocycles. The number of fused-ring (bicyclic) bond motifs is 1. The molecule has 2 aromatic carbocycles. The summed E-state index contributed by atoms with van der Waals surface area (Å²) in [6, 6.07) is 15.1. The van der Waals surface area contributed by atoms with Crippen LogP contribution in [0.2, 0.25) is 5.02 Å². The number of nitrogens with zero attached hydrogens (tertiary/aromatic N) is 1. The number of carbonyl (C=O) groups excluding carboxylic acids is 1. The molecule has 0 aliphatic heterocycles. The number of halogens is 1. The fourth-order valence-corrected chi connectivity index (χ4v) is 3.27. The zero-order chi connectivity index (χ0) is 14.7. The van der Waals surface area contributed by atoms with E-state index in [2.05, 4.69) is 4.98 Å². The molecule has 0 fully saturated rings. The molecule has 2 nitrogen and oxygen atoms in total. The van der Waals surface area contributed by atoms with Crippen LogP contribution in [0.15, 0.2) is 65.8 Å². The maximum Gasteiger partial charge on any atom is 0.173 e. The minimum atomic E-state index is 0.0942. The number of benzene rings is 2. The van der Waals surface area contributed by atoms with Gasteiger partial charge in [0, 0.05) is 28.2 Å². The van der Waals surface area contributed by atoms with Gasteiger partial charge < -0.3 is 0 Å². The summed E-state index contributed by atoms with van der Waals surface area (Å²) in [4.78, 5) is 17.5. The van der Waals surface area contributed by atoms with Gasteiger partial charge in [0.1, 0.15) is 0 Å². The number of pyridine rings is 1. The lowest BCUT2D eigenvalue weighted by Crippen LogP contribution is -2.03. The van der Waals surface area contributed by atoms with Crippen molar-refractivity contribution >= 4 is 39.9 Å². The first-order chi connectivity index (χ1) is 10.3. The van der Waals surface area contributed by atoms with Gasteiger partial charge in [-0.25, -0.2) is 0 Å². The lowest BCUT2D eigenvalue weighted by molar-refractivity contribution is 0.102. The van der Waals surface area contributed by atoms with E-state index in [-0.39, 0.29) is 5.78 Å². The Kier molecular flexibility index (Phi) is 4.23. The predicted octanol–water partition coefficient (Wildman–Crippen LogP) is 4.86. The second kappa shape index (κ2) is 6.29. The van der Waals surface area contributed by atoms with E-state index >= 15 is 0 Å². The molecule has 104 valence electrons. The molecule has 0 N–H and O–H groups in total. The van der Waals surface area contributed by atoms with Gasteiger partial charge in [-0.05, 0) is 23.6 Å². The van der Waals surface area contributed by atoms with Crippen molar-refractivity contribution in [3.05, 3.63) is 71.5 Å². The lowest BCUT2D eigenvalue weighted by atomic mass is 10.0. The van der Waals surface area contributed by atoms with Crippen LogP contribution >= 0.6 is 23.4 Å². The molecule has 0 saturated heterocycles. The molecular formula is C17H12ClNOS. The second-order valence-electron chi connectivity index (χ2n) is 4.54. The van der Waals surface area contributed by atoms with Gasteiger partial charge in [-0.2, -0.15) is 0 Å². The Morgan fingerprint density at radius 2 is 1.95 bits per heavy atom. The van der Waals surface area contributed by atoms with Crippen LogP contribution in [0.1, 0.15) is 10.4 Å². The fourth-order valence-electron chi connectivity index (χ4n) is 2.15. The van der Waals surface area contributed by atoms with Crippen LogP contribution < -0.4 is 0 Å². The Morgan fingerprint density at radius 3 is 2.81 bits per heavy atom. The monoisotopic (exact) mass is 313 g/mol. The van der Waals surface area contributed by atoms with Crippen LogP contribution in [0.5, 0.6) is 0 Å². The van der Waals surface area contributed by atoms with Gasteiger partial charge in [-0.15, -0.1) is 11.8 Å². The number of ketones is 1. The van der Waals surface area contributed by atoms with Crippen LogP contribution in [0.3, 0.4) is 0 Å². The van der Waals surface area contributed by atoms with Crippen molar-refractivity contribution in [3.8, 4) is 0 Å². The van der Waals surface area contributed by atoms with E-state index in [9.17, 15) is 4.79 Å². The Hall–Kier alpha value is -1.84. The number of Topliss-reactive ketones (excluding diaryl/α,β-unsaturated/α-hetero) is 1. The van der Waals surface area contributed by atoms with Gasteiger partial charge in [-0.1, -0.05) is 41.9 Å². The summed E-state index contributed by atoms with van der Waals surface area (Å²) in [5.74, 6) is 0.460. The largest absolute Gasteiger partial charge is 0.293 e. The molecule has 3 rings (SSSR count). The summed E-state index contributed by atoms with van der Waals surface area (Å²) in [6.45, 7) is 0. The highest BCUT2D eigenvalue weighted by Gasteiger charge is 2.11. The summed E-state index contributed by atoms with van der Waals surface area (Å²) in [5.41, 5.74) is 0.731.